The van der Waals surface area contributed by atoms with E-state index >= 15 is 0 Å². The quantitative estimate of drug-likeness (QED) is 0.775. The van der Waals surface area contributed by atoms with Gasteiger partial charge >= 0.3 is 0 Å². The number of hydrogen-bond acceptors (Lipinski definition) is 3. The Hall–Kier alpha value is -1.71. The molecular weight excluding hydrogens is 238 g/mol. The molecule has 0 unspecified atom stereocenters. The van der Waals surface area contributed by atoms with E-state index in [-0.39, 0.29) is 0 Å². The van der Waals surface area contributed by atoms with Crippen LogP contribution in [0.25, 0.3) is 11.0 Å². The van der Waals surface area contributed by atoms with Gasteiger partial charge in [0, 0.05) is 6.54 Å². The summed E-state index contributed by atoms with van der Waals surface area (Å²) in [5.74, 6) is 1.40. The zero-order valence-corrected chi connectivity index (χ0v) is 11.9. The molecule has 0 saturated heterocycles. The van der Waals surface area contributed by atoms with Gasteiger partial charge in [0.1, 0.15) is 11.3 Å². The molecule has 1 aromatic carbocycles. The number of nitrogens with zero attached hydrogens (tertiary/aromatic N) is 2. The van der Waals surface area contributed by atoms with Gasteiger partial charge in [-0.15, -0.1) is 0 Å². The number of nitrogens with two attached hydrogens (primary N) is 1. The Kier molecular flexibility index (Phi) is 4.66. The Morgan fingerprint density at radius 3 is 2.79 bits per heavy atom. The number of para-hydroxylation sites is 1. The number of rotatable bonds is 7. The Bertz CT molecular complexity index is 533. The minimum Gasteiger partial charge on any atom is -0.492 e. The fourth-order valence-electron chi connectivity index (χ4n) is 2.34. The molecule has 2 aromatic rings. The van der Waals surface area contributed by atoms with E-state index in [2.05, 4.69) is 22.5 Å². The third-order valence-corrected chi connectivity index (χ3v) is 3.31. The van der Waals surface area contributed by atoms with Crippen LogP contribution in [0, 0.1) is 0 Å². The number of aryl methyl sites for hydroxylation is 1. The maximum atomic E-state index is 6.03. The van der Waals surface area contributed by atoms with E-state index in [0.717, 1.165) is 29.7 Å². The Balaban J connectivity index is 2.23. The highest BCUT2D eigenvalue weighted by Crippen LogP contribution is 2.27. The number of fused-ring (bicyclic) bond motifs is 1. The van der Waals surface area contributed by atoms with Crippen molar-refractivity contribution >= 4 is 17.0 Å². The van der Waals surface area contributed by atoms with Gasteiger partial charge in [0.25, 0.3) is 0 Å². The predicted molar refractivity (Wildman–Crippen MR) is 79.5 cm³/mol. The average molecular weight is 261 g/mol. The Morgan fingerprint density at radius 1 is 1.21 bits per heavy atom. The smallest absolute Gasteiger partial charge is 0.201 e. The van der Waals surface area contributed by atoms with Gasteiger partial charge in [-0.1, -0.05) is 32.3 Å². The number of aromatic nitrogens is 2. The van der Waals surface area contributed by atoms with Gasteiger partial charge in [-0.05, 0) is 25.5 Å². The van der Waals surface area contributed by atoms with Crippen LogP contribution in [-0.4, -0.2) is 16.2 Å². The molecule has 0 aliphatic carbocycles. The van der Waals surface area contributed by atoms with Crippen LogP contribution in [0.4, 0.5) is 5.95 Å². The molecule has 0 aliphatic rings. The summed E-state index contributed by atoms with van der Waals surface area (Å²) in [5, 5.41) is 0. The molecule has 0 atom stereocenters. The standard InChI is InChI=1S/C15H23N3O/c1-3-5-6-7-11-18-12-9-8-10-13(19-4-2)14(12)17-15(18)16/h8-10H,3-7,11H2,1-2H3,(H2,16,17). The van der Waals surface area contributed by atoms with E-state index in [1.54, 1.807) is 0 Å². The average Bonchev–Trinajstić information content (AvgIpc) is 2.73. The minimum atomic E-state index is 0.582. The molecule has 0 spiro atoms. The number of anilines is 1. The van der Waals surface area contributed by atoms with Crippen LogP contribution >= 0.6 is 0 Å². The number of nitrogen functional groups attached to an aromatic ring is 1. The second-order valence-electron chi connectivity index (χ2n) is 4.74. The van der Waals surface area contributed by atoms with Gasteiger partial charge in [-0.2, -0.15) is 0 Å². The summed E-state index contributed by atoms with van der Waals surface area (Å²) in [6.07, 6.45) is 4.90. The molecule has 4 heteroatoms. The lowest BCUT2D eigenvalue weighted by molar-refractivity contribution is 0.343. The normalized spacial score (nSPS) is 11.1. The number of ether oxygens (including phenoxy) is 1. The van der Waals surface area contributed by atoms with Gasteiger partial charge in [0.2, 0.25) is 5.95 Å². The van der Waals surface area contributed by atoms with Crippen molar-refractivity contribution in [3.05, 3.63) is 18.2 Å². The largest absolute Gasteiger partial charge is 0.492 e. The summed E-state index contributed by atoms with van der Waals surface area (Å²) in [6, 6.07) is 6.00. The molecule has 0 saturated carbocycles. The van der Waals surface area contributed by atoms with Gasteiger partial charge in [0.15, 0.2) is 0 Å². The number of benzene rings is 1. The monoisotopic (exact) mass is 261 g/mol. The topological polar surface area (TPSA) is 53.1 Å². The first kappa shape index (κ1) is 13.7. The van der Waals surface area contributed by atoms with E-state index in [1.807, 2.05) is 19.1 Å². The summed E-state index contributed by atoms with van der Waals surface area (Å²) in [6.45, 7) is 5.76. The molecule has 2 N–H and O–H groups in total. The van der Waals surface area contributed by atoms with Gasteiger partial charge in [-0.25, -0.2) is 4.98 Å². The van der Waals surface area contributed by atoms with Crippen molar-refractivity contribution in [3.63, 3.8) is 0 Å². The van der Waals surface area contributed by atoms with Crippen LogP contribution in [0.3, 0.4) is 0 Å². The second-order valence-corrected chi connectivity index (χ2v) is 4.74. The first-order valence-electron chi connectivity index (χ1n) is 7.15. The molecular formula is C15H23N3O. The fourth-order valence-corrected chi connectivity index (χ4v) is 2.34. The maximum absolute atomic E-state index is 6.03. The van der Waals surface area contributed by atoms with Crippen molar-refractivity contribution in [2.24, 2.45) is 0 Å². The van der Waals surface area contributed by atoms with E-state index < -0.39 is 0 Å². The molecule has 0 radical (unpaired) electrons. The summed E-state index contributed by atoms with van der Waals surface area (Å²) in [4.78, 5) is 4.45. The number of imidazole rings is 1. The number of unbranched alkanes of at least 4 members (excludes halogenated alkanes) is 3. The Labute approximate surface area is 114 Å². The third-order valence-electron chi connectivity index (χ3n) is 3.31. The molecule has 1 heterocycles. The lowest BCUT2D eigenvalue weighted by Crippen LogP contribution is -2.03. The molecule has 0 bridgehead atoms. The summed E-state index contributed by atoms with van der Waals surface area (Å²) in [5.41, 5.74) is 7.97. The molecule has 4 nitrogen and oxygen atoms in total. The van der Waals surface area contributed by atoms with Crippen molar-refractivity contribution in [3.8, 4) is 5.75 Å². The van der Waals surface area contributed by atoms with E-state index in [0.29, 0.717) is 12.6 Å². The minimum absolute atomic E-state index is 0.582. The molecule has 104 valence electrons. The lowest BCUT2D eigenvalue weighted by atomic mass is 10.2. The van der Waals surface area contributed by atoms with E-state index in [4.69, 9.17) is 10.5 Å². The summed E-state index contributed by atoms with van der Waals surface area (Å²) >= 11 is 0. The summed E-state index contributed by atoms with van der Waals surface area (Å²) < 4.78 is 7.69. The van der Waals surface area contributed by atoms with Gasteiger partial charge in [0.05, 0.1) is 12.1 Å². The Morgan fingerprint density at radius 2 is 2.05 bits per heavy atom. The van der Waals surface area contributed by atoms with E-state index in [1.165, 1.54) is 19.3 Å². The molecule has 1 aromatic heterocycles. The van der Waals surface area contributed by atoms with Crippen molar-refractivity contribution < 1.29 is 4.74 Å². The van der Waals surface area contributed by atoms with Crippen LogP contribution in [0.1, 0.15) is 39.5 Å². The molecule has 19 heavy (non-hydrogen) atoms. The summed E-state index contributed by atoms with van der Waals surface area (Å²) in [7, 11) is 0. The van der Waals surface area contributed by atoms with E-state index in [9.17, 15) is 0 Å². The van der Waals surface area contributed by atoms with Crippen LogP contribution in [-0.2, 0) is 6.54 Å². The van der Waals surface area contributed by atoms with Gasteiger partial charge in [-0.3, -0.25) is 0 Å². The molecule has 0 fully saturated rings. The van der Waals surface area contributed by atoms with Crippen molar-refractivity contribution in [1.82, 2.24) is 9.55 Å². The molecule has 2 rings (SSSR count). The number of hydrogen-bond donors (Lipinski definition) is 1. The van der Waals surface area contributed by atoms with Gasteiger partial charge < -0.3 is 15.0 Å². The van der Waals surface area contributed by atoms with Crippen molar-refractivity contribution in [2.75, 3.05) is 12.3 Å². The predicted octanol–water partition coefficient (Wildman–Crippen LogP) is 3.60. The fraction of sp³-hybridized carbons (Fsp3) is 0.533. The van der Waals surface area contributed by atoms with Crippen LogP contribution in [0.5, 0.6) is 5.75 Å². The SMILES string of the molecule is CCCCCCn1c(N)nc2c(OCC)cccc21. The first-order chi connectivity index (χ1) is 9.27. The van der Waals surface area contributed by atoms with Crippen molar-refractivity contribution in [1.29, 1.82) is 0 Å². The van der Waals surface area contributed by atoms with Crippen LogP contribution in [0.2, 0.25) is 0 Å². The molecule has 0 amide bonds. The zero-order chi connectivity index (χ0) is 13.7. The second kappa shape index (κ2) is 6.45. The van der Waals surface area contributed by atoms with Crippen LogP contribution in [0.15, 0.2) is 18.2 Å². The van der Waals surface area contributed by atoms with Crippen molar-refractivity contribution in [2.45, 2.75) is 46.1 Å². The zero-order valence-electron chi connectivity index (χ0n) is 11.9. The maximum Gasteiger partial charge on any atom is 0.201 e. The van der Waals surface area contributed by atoms with Crippen LogP contribution < -0.4 is 10.5 Å². The third kappa shape index (κ3) is 3.00. The first-order valence-corrected chi connectivity index (χ1v) is 7.15. The highest BCUT2D eigenvalue weighted by Gasteiger charge is 2.11. The highest BCUT2D eigenvalue weighted by molar-refractivity contribution is 5.84. The lowest BCUT2D eigenvalue weighted by Gasteiger charge is -2.07. The molecule has 0 aliphatic heterocycles. The highest BCUT2D eigenvalue weighted by atomic mass is 16.5.